The molecule has 0 N–H and O–H groups in total. The minimum Gasteiger partial charge on any atom is -0.372 e. The Morgan fingerprint density at radius 1 is 1.73 bits per heavy atom. The lowest BCUT2D eigenvalue weighted by Crippen LogP contribution is -2.06. The van der Waals surface area contributed by atoms with Crippen LogP contribution in [-0.2, 0) is 4.74 Å². The minimum absolute atomic E-state index is 0.0737. The van der Waals surface area contributed by atoms with Gasteiger partial charge in [0.25, 0.3) is 5.92 Å². The van der Waals surface area contributed by atoms with Gasteiger partial charge in [-0.15, -0.1) is 0 Å². The van der Waals surface area contributed by atoms with Crippen LogP contribution < -0.4 is 0 Å². The van der Waals surface area contributed by atoms with E-state index in [0.717, 1.165) is 0 Å². The van der Waals surface area contributed by atoms with Crippen LogP contribution in [0.2, 0.25) is 0 Å². The standard InChI is InChI=1S/C5H7F2N3O/c6-5(7)3-4(5)11-2-1-9-10-8/h4H,1-3H2. The number of ether oxygens (including phenoxy) is 1. The topological polar surface area (TPSA) is 58.0 Å². The molecule has 11 heavy (non-hydrogen) atoms. The van der Waals surface area contributed by atoms with Gasteiger partial charge in [0, 0.05) is 17.9 Å². The molecule has 0 aromatic carbocycles. The van der Waals surface area contributed by atoms with Gasteiger partial charge in [-0.1, -0.05) is 5.11 Å². The Balaban J connectivity index is 2.02. The maximum absolute atomic E-state index is 12.1. The maximum atomic E-state index is 12.1. The molecule has 0 aromatic heterocycles. The Morgan fingerprint density at radius 3 is 2.82 bits per heavy atom. The van der Waals surface area contributed by atoms with Crippen molar-refractivity contribution in [2.75, 3.05) is 13.2 Å². The summed E-state index contributed by atoms with van der Waals surface area (Å²) in [6, 6.07) is 0. The molecule has 0 bridgehead atoms. The van der Waals surface area contributed by atoms with Gasteiger partial charge in [-0.05, 0) is 5.53 Å². The second-order valence-corrected chi connectivity index (χ2v) is 2.28. The van der Waals surface area contributed by atoms with Crippen LogP contribution in [0.15, 0.2) is 5.11 Å². The van der Waals surface area contributed by atoms with Crippen molar-refractivity contribution in [2.24, 2.45) is 5.11 Å². The summed E-state index contributed by atoms with van der Waals surface area (Å²) in [7, 11) is 0. The van der Waals surface area contributed by atoms with Gasteiger partial charge < -0.3 is 4.74 Å². The van der Waals surface area contributed by atoms with E-state index in [1.165, 1.54) is 0 Å². The normalized spacial score (nSPS) is 25.8. The monoisotopic (exact) mass is 163 g/mol. The number of halogens is 2. The lowest BCUT2D eigenvalue weighted by atomic mass is 10.7. The highest BCUT2D eigenvalue weighted by Gasteiger charge is 2.58. The highest BCUT2D eigenvalue weighted by Crippen LogP contribution is 2.44. The van der Waals surface area contributed by atoms with E-state index < -0.39 is 12.0 Å². The van der Waals surface area contributed by atoms with Crippen LogP contribution in [0.3, 0.4) is 0 Å². The van der Waals surface area contributed by atoms with Crippen LogP contribution >= 0.6 is 0 Å². The van der Waals surface area contributed by atoms with E-state index in [1.54, 1.807) is 0 Å². The quantitative estimate of drug-likeness (QED) is 0.269. The summed E-state index contributed by atoms with van der Waals surface area (Å²) >= 11 is 0. The van der Waals surface area contributed by atoms with Gasteiger partial charge in [-0.25, -0.2) is 8.78 Å². The lowest BCUT2D eigenvalue weighted by Gasteiger charge is -1.97. The third kappa shape index (κ3) is 2.32. The first-order chi connectivity index (χ1) is 5.17. The molecule has 1 fully saturated rings. The Bertz CT molecular complexity index is 190. The van der Waals surface area contributed by atoms with E-state index >= 15 is 0 Å². The second-order valence-electron chi connectivity index (χ2n) is 2.28. The molecule has 0 spiro atoms. The fraction of sp³-hybridized carbons (Fsp3) is 1.00. The molecule has 1 saturated carbocycles. The van der Waals surface area contributed by atoms with Crippen molar-refractivity contribution < 1.29 is 13.5 Å². The van der Waals surface area contributed by atoms with Crippen molar-refractivity contribution in [3.63, 3.8) is 0 Å². The summed E-state index contributed by atoms with van der Waals surface area (Å²) < 4.78 is 28.8. The highest BCUT2D eigenvalue weighted by molar-refractivity contribution is 4.96. The Morgan fingerprint density at radius 2 is 2.36 bits per heavy atom. The molecule has 0 saturated heterocycles. The van der Waals surface area contributed by atoms with Crippen molar-refractivity contribution in [1.82, 2.24) is 0 Å². The first kappa shape index (κ1) is 8.23. The van der Waals surface area contributed by atoms with E-state index in [4.69, 9.17) is 5.53 Å². The van der Waals surface area contributed by atoms with Crippen molar-refractivity contribution in [3.8, 4) is 0 Å². The van der Waals surface area contributed by atoms with E-state index in [9.17, 15) is 8.78 Å². The zero-order valence-corrected chi connectivity index (χ0v) is 5.70. The van der Waals surface area contributed by atoms with Gasteiger partial charge in [0.15, 0.2) is 0 Å². The molecule has 1 aliphatic rings. The molecule has 1 aliphatic carbocycles. The molecule has 4 nitrogen and oxygen atoms in total. The molecule has 0 aromatic rings. The van der Waals surface area contributed by atoms with Gasteiger partial charge in [-0.2, -0.15) is 0 Å². The molecular formula is C5H7F2N3O. The molecule has 62 valence electrons. The number of nitrogens with zero attached hydrogens (tertiary/aromatic N) is 3. The number of alkyl halides is 2. The number of hydrogen-bond donors (Lipinski definition) is 0. The van der Waals surface area contributed by atoms with Gasteiger partial charge in [0.05, 0.1) is 6.61 Å². The first-order valence-corrected chi connectivity index (χ1v) is 3.17. The van der Waals surface area contributed by atoms with Crippen LogP contribution in [-0.4, -0.2) is 25.2 Å². The van der Waals surface area contributed by atoms with E-state index in [0.29, 0.717) is 0 Å². The predicted molar refractivity (Wildman–Crippen MR) is 33.3 cm³/mol. The summed E-state index contributed by atoms with van der Waals surface area (Å²) in [6.07, 6.45) is -1.15. The van der Waals surface area contributed by atoms with Crippen LogP contribution in [0.5, 0.6) is 0 Å². The molecule has 0 amide bonds. The Hall–Kier alpha value is -0.870. The highest BCUT2D eigenvalue weighted by atomic mass is 19.3. The Kier molecular flexibility index (Phi) is 2.26. The molecule has 0 aliphatic heterocycles. The van der Waals surface area contributed by atoms with Gasteiger partial charge in [0.1, 0.15) is 6.10 Å². The summed E-state index contributed by atoms with van der Waals surface area (Å²) in [5.74, 6) is -2.64. The van der Waals surface area contributed by atoms with Gasteiger partial charge in [-0.3, -0.25) is 0 Å². The molecule has 1 rings (SSSR count). The largest absolute Gasteiger partial charge is 0.372 e. The fourth-order valence-corrected chi connectivity index (χ4v) is 0.650. The van der Waals surface area contributed by atoms with Crippen molar-refractivity contribution in [3.05, 3.63) is 10.4 Å². The minimum atomic E-state index is -2.64. The SMILES string of the molecule is [N-]=[N+]=NCCOC1CC1(F)F. The van der Waals surface area contributed by atoms with Gasteiger partial charge >= 0.3 is 0 Å². The lowest BCUT2D eigenvalue weighted by molar-refractivity contribution is 0.0161. The summed E-state index contributed by atoms with van der Waals surface area (Å²) in [6.45, 7) is 0.188. The van der Waals surface area contributed by atoms with Crippen molar-refractivity contribution in [2.45, 2.75) is 18.4 Å². The fourth-order valence-electron chi connectivity index (χ4n) is 0.650. The summed E-state index contributed by atoms with van der Waals surface area (Å²) in [5.41, 5.74) is 7.80. The molecule has 6 heteroatoms. The molecule has 0 radical (unpaired) electrons. The van der Waals surface area contributed by atoms with Crippen LogP contribution in [0.1, 0.15) is 6.42 Å². The second kappa shape index (κ2) is 3.02. The molecule has 1 atom stereocenters. The molecule has 1 unspecified atom stereocenters. The predicted octanol–water partition coefficient (Wildman–Crippen LogP) is 1.72. The van der Waals surface area contributed by atoms with Crippen LogP contribution in [0.25, 0.3) is 10.4 Å². The van der Waals surface area contributed by atoms with Gasteiger partial charge in [0.2, 0.25) is 0 Å². The number of hydrogen-bond acceptors (Lipinski definition) is 2. The van der Waals surface area contributed by atoms with Crippen molar-refractivity contribution in [1.29, 1.82) is 0 Å². The summed E-state index contributed by atoms with van der Waals surface area (Å²) in [4.78, 5) is 2.45. The first-order valence-electron chi connectivity index (χ1n) is 3.17. The Labute approximate surface area is 61.8 Å². The van der Waals surface area contributed by atoms with E-state index in [1.807, 2.05) is 0 Å². The van der Waals surface area contributed by atoms with E-state index in [-0.39, 0.29) is 19.6 Å². The third-order valence-corrected chi connectivity index (χ3v) is 1.34. The molecular weight excluding hydrogens is 156 g/mol. The molecule has 0 heterocycles. The average molecular weight is 163 g/mol. The number of rotatable bonds is 4. The van der Waals surface area contributed by atoms with Crippen LogP contribution in [0.4, 0.5) is 8.78 Å². The third-order valence-electron chi connectivity index (χ3n) is 1.34. The average Bonchev–Trinajstić information content (AvgIpc) is 2.52. The zero-order valence-electron chi connectivity index (χ0n) is 5.70. The summed E-state index contributed by atoms with van der Waals surface area (Å²) in [5, 5.41) is 3.13. The van der Waals surface area contributed by atoms with E-state index in [2.05, 4.69) is 14.8 Å². The van der Waals surface area contributed by atoms with Crippen LogP contribution in [0, 0.1) is 0 Å². The number of azide groups is 1. The zero-order chi connectivity index (χ0) is 8.32. The maximum Gasteiger partial charge on any atom is 0.276 e. The smallest absolute Gasteiger partial charge is 0.276 e. The van der Waals surface area contributed by atoms with Crippen molar-refractivity contribution >= 4 is 0 Å².